The summed E-state index contributed by atoms with van der Waals surface area (Å²) in [7, 11) is 0. The van der Waals surface area contributed by atoms with Gasteiger partial charge in [0, 0.05) is 11.8 Å². The first-order chi connectivity index (χ1) is 7.59. The van der Waals surface area contributed by atoms with E-state index in [-0.39, 0.29) is 0 Å². The van der Waals surface area contributed by atoms with E-state index in [0.29, 0.717) is 15.7 Å². The molecule has 0 spiro atoms. The Labute approximate surface area is 104 Å². The first kappa shape index (κ1) is 11.2. The van der Waals surface area contributed by atoms with Crippen LogP contribution in [-0.4, -0.2) is 4.98 Å². The van der Waals surface area contributed by atoms with Gasteiger partial charge in [-0.2, -0.15) is 0 Å². The van der Waals surface area contributed by atoms with Crippen molar-refractivity contribution in [2.75, 3.05) is 5.73 Å². The third kappa shape index (κ3) is 1.99. The van der Waals surface area contributed by atoms with Gasteiger partial charge in [-0.05, 0) is 30.7 Å². The molecule has 0 bridgehead atoms. The molecule has 1 aromatic carbocycles. The molecule has 0 unspecified atom stereocenters. The van der Waals surface area contributed by atoms with E-state index < -0.39 is 0 Å². The first-order valence-corrected chi connectivity index (χ1v) is 5.51. The van der Waals surface area contributed by atoms with Gasteiger partial charge in [0.2, 0.25) is 0 Å². The van der Waals surface area contributed by atoms with Crippen molar-refractivity contribution in [2.24, 2.45) is 0 Å². The molecule has 0 saturated carbocycles. The SMILES string of the molecule is Cc1ccnc(-c2ccc(Cl)c(Cl)c2)c1N. The average Bonchev–Trinajstić information content (AvgIpc) is 2.26. The lowest BCUT2D eigenvalue weighted by Crippen LogP contribution is -1.96. The Hall–Kier alpha value is -1.25. The van der Waals surface area contributed by atoms with E-state index in [0.717, 1.165) is 16.8 Å². The van der Waals surface area contributed by atoms with Crippen LogP contribution in [0.1, 0.15) is 5.56 Å². The predicted molar refractivity (Wildman–Crippen MR) is 68.8 cm³/mol. The second-order valence-corrected chi connectivity index (χ2v) is 4.33. The van der Waals surface area contributed by atoms with Gasteiger partial charge in [-0.25, -0.2) is 0 Å². The monoisotopic (exact) mass is 252 g/mol. The number of nitrogens with zero attached hydrogens (tertiary/aromatic N) is 1. The van der Waals surface area contributed by atoms with Crippen LogP contribution in [0.15, 0.2) is 30.5 Å². The molecule has 0 fully saturated rings. The van der Waals surface area contributed by atoms with Crippen LogP contribution in [0.4, 0.5) is 5.69 Å². The van der Waals surface area contributed by atoms with E-state index >= 15 is 0 Å². The minimum Gasteiger partial charge on any atom is -0.397 e. The maximum absolute atomic E-state index is 5.96. The highest BCUT2D eigenvalue weighted by Gasteiger charge is 2.07. The van der Waals surface area contributed by atoms with E-state index in [1.807, 2.05) is 19.1 Å². The molecule has 0 amide bonds. The summed E-state index contributed by atoms with van der Waals surface area (Å²) in [6, 6.07) is 7.23. The molecule has 0 aliphatic rings. The van der Waals surface area contributed by atoms with Crippen LogP contribution in [0, 0.1) is 6.92 Å². The van der Waals surface area contributed by atoms with Crippen LogP contribution >= 0.6 is 23.2 Å². The molecule has 4 heteroatoms. The smallest absolute Gasteiger partial charge is 0.0934 e. The fraction of sp³-hybridized carbons (Fsp3) is 0.0833. The van der Waals surface area contributed by atoms with Crippen LogP contribution in [0.3, 0.4) is 0 Å². The zero-order valence-corrected chi connectivity index (χ0v) is 10.2. The van der Waals surface area contributed by atoms with Gasteiger partial charge in [0.1, 0.15) is 0 Å². The highest BCUT2D eigenvalue weighted by Crippen LogP contribution is 2.31. The molecule has 2 rings (SSSR count). The van der Waals surface area contributed by atoms with Crippen molar-refractivity contribution in [1.29, 1.82) is 0 Å². The Kier molecular flexibility index (Phi) is 3.03. The second kappa shape index (κ2) is 4.32. The Morgan fingerprint density at radius 3 is 2.56 bits per heavy atom. The van der Waals surface area contributed by atoms with E-state index in [1.165, 1.54) is 0 Å². The normalized spacial score (nSPS) is 10.4. The van der Waals surface area contributed by atoms with E-state index in [4.69, 9.17) is 28.9 Å². The van der Waals surface area contributed by atoms with E-state index in [1.54, 1.807) is 18.3 Å². The van der Waals surface area contributed by atoms with Crippen molar-refractivity contribution < 1.29 is 0 Å². The molecular weight excluding hydrogens is 243 g/mol. The van der Waals surface area contributed by atoms with Crippen molar-refractivity contribution in [1.82, 2.24) is 4.98 Å². The van der Waals surface area contributed by atoms with Crippen LogP contribution in [-0.2, 0) is 0 Å². The molecule has 0 aliphatic carbocycles. The summed E-state index contributed by atoms with van der Waals surface area (Å²) in [6.07, 6.45) is 1.73. The number of aryl methyl sites for hydroxylation is 1. The first-order valence-electron chi connectivity index (χ1n) is 4.76. The summed E-state index contributed by atoms with van der Waals surface area (Å²) in [5.41, 5.74) is 9.23. The van der Waals surface area contributed by atoms with Crippen molar-refractivity contribution in [2.45, 2.75) is 6.92 Å². The molecule has 0 aliphatic heterocycles. The van der Waals surface area contributed by atoms with Crippen molar-refractivity contribution >= 4 is 28.9 Å². The molecule has 16 heavy (non-hydrogen) atoms. The number of hydrogen-bond acceptors (Lipinski definition) is 2. The third-order valence-electron chi connectivity index (χ3n) is 2.40. The molecule has 82 valence electrons. The quantitative estimate of drug-likeness (QED) is 0.835. The molecule has 1 heterocycles. The third-order valence-corrected chi connectivity index (χ3v) is 3.14. The molecule has 2 N–H and O–H groups in total. The number of anilines is 1. The Morgan fingerprint density at radius 1 is 1.12 bits per heavy atom. The predicted octanol–water partition coefficient (Wildman–Crippen LogP) is 3.95. The van der Waals surface area contributed by atoms with Crippen LogP contribution in [0.25, 0.3) is 11.3 Å². The van der Waals surface area contributed by atoms with Crippen LogP contribution in [0.2, 0.25) is 10.0 Å². The number of pyridine rings is 1. The van der Waals surface area contributed by atoms with Gasteiger partial charge in [0.05, 0.1) is 21.4 Å². The summed E-state index contributed by atoms with van der Waals surface area (Å²) >= 11 is 11.8. The highest BCUT2D eigenvalue weighted by molar-refractivity contribution is 6.42. The number of nitrogen functional groups attached to an aromatic ring is 1. The van der Waals surface area contributed by atoms with Gasteiger partial charge in [-0.1, -0.05) is 29.3 Å². The van der Waals surface area contributed by atoms with Gasteiger partial charge in [-0.3, -0.25) is 4.98 Å². The van der Waals surface area contributed by atoms with Gasteiger partial charge in [0.25, 0.3) is 0 Å². The standard InChI is InChI=1S/C12H10Cl2N2/c1-7-4-5-16-12(11(7)15)8-2-3-9(13)10(14)6-8/h2-6H,15H2,1H3. The number of nitrogens with two attached hydrogens (primary N) is 1. The summed E-state index contributed by atoms with van der Waals surface area (Å²) < 4.78 is 0. The summed E-state index contributed by atoms with van der Waals surface area (Å²) in [5, 5.41) is 1.03. The largest absolute Gasteiger partial charge is 0.397 e. The number of halogens is 2. The van der Waals surface area contributed by atoms with Crippen molar-refractivity contribution in [3.8, 4) is 11.3 Å². The fourth-order valence-corrected chi connectivity index (χ4v) is 1.74. The molecular formula is C12H10Cl2N2. The lowest BCUT2D eigenvalue weighted by Gasteiger charge is -2.07. The molecule has 0 atom stereocenters. The Morgan fingerprint density at radius 2 is 1.88 bits per heavy atom. The van der Waals surface area contributed by atoms with Gasteiger partial charge in [-0.15, -0.1) is 0 Å². The summed E-state index contributed by atoms with van der Waals surface area (Å²) in [5.74, 6) is 0. The average molecular weight is 253 g/mol. The summed E-state index contributed by atoms with van der Waals surface area (Å²) in [4.78, 5) is 4.25. The second-order valence-electron chi connectivity index (χ2n) is 3.52. The van der Waals surface area contributed by atoms with Crippen LogP contribution in [0.5, 0.6) is 0 Å². The number of benzene rings is 1. The summed E-state index contributed by atoms with van der Waals surface area (Å²) in [6.45, 7) is 1.94. The zero-order valence-electron chi connectivity index (χ0n) is 8.67. The number of hydrogen-bond donors (Lipinski definition) is 1. The maximum Gasteiger partial charge on any atom is 0.0934 e. The minimum absolute atomic E-state index is 0.502. The molecule has 0 saturated heterocycles. The molecule has 2 nitrogen and oxygen atoms in total. The zero-order chi connectivity index (χ0) is 11.7. The number of rotatable bonds is 1. The lowest BCUT2D eigenvalue weighted by molar-refractivity contribution is 1.29. The topological polar surface area (TPSA) is 38.9 Å². The lowest BCUT2D eigenvalue weighted by atomic mass is 10.1. The number of aromatic nitrogens is 1. The maximum atomic E-state index is 5.96. The fourth-order valence-electron chi connectivity index (χ4n) is 1.44. The van der Waals surface area contributed by atoms with E-state index in [2.05, 4.69) is 4.98 Å². The van der Waals surface area contributed by atoms with Crippen molar-refractivity contribution in [3.63, 3.8) is 0 Å². The van der Waals surface area contributed by atoms with E-state index in [9.17, 15) is 0 Å². The van der Waals surface area contributed by atoms with Gasteiger partial charge < -0.3 is 5.73 Å². The molecule has 0 radical (unpaired) electrons. The highest BCUT2D eigenvalue weighted by atomic mass is 35.5. The Bertz CT molecular complexity index is 539. The van der Waals surface area contributed by atoms with Crippen LogP contribution < -0.4 is 5.73 Å². The molecule has 1 aromatic heterocycles. The Balaban J connectivity index is 2.59. The minimum atomic E-state index is 0.502. The van der Waals surface area contributed by atoms with Gasteiger partial charge >= 0.3 is 0 Å². The van der Waals surface area contributed by atoms with Gasteiger partial charge in [0.15, 0.2) is 0 Å². The van der Waals surface area contributed by atoms with Crippen molar-refractivity contribution in [3.05, 3.63) is 46.1 Å². The molecule has 2 aromatic rings.